The number of hydrogen-bond donors (Lipinski definition) is 6. The van der Waals surface area contributed by atoms with Gasteiger partial charge in [0.2, 0.25) is 0 Å². The van der Waals surface area contributed by atoms with E-state index in [2.05, 4.69) is 0 Å². The summed E-state index contributed by atoms with van der Waals surface area (Å²) in [7, 11) is -6.86. The Bertz CT molecular complexity index is 199. The summed E-state index contributed by atoms with van der Waals surface area (Å²) >= 11 is 0. The molecule has 0 aliphatic carbocycles. The Kier molecular flexibility index (Phi) is 13.6. The molecule has 0 amide bonds. The molecule has 8 nitrogen and oxygen atoms in total. The lowest BCUT2D eigenvalue weighted by molar-refractivity contribution is 0.288. The molecule has 11 heteroatoms. The number of rotatable bonds is 4. The van der Waals surface area contributed by atoms with Crippen LogP contribution in [0, 0.1) is 0 Å². The highest BCUT2D eigenvalue weighted by molar-refractivity contribution is 7.79. The molecular formula is C4H17O8P2S+. The van der Waals surface area contributed by atoms with Gasteiger partial charge in [-0.15, -0.1) is 0 Å². The Hall–Kier alpha value is 0.570. The minimum atomic E-state index is -4.67. The highest BCUT2D eigenvalue weighted by Gasteiger charge is 2.34. The Balaban J connectivity index is -0.000000208. The van der Waals surface area contributed by atoms with Crippen molar-refractivity contribution in [2.24, 2.45) is 0 Å². The van der Waals surface area contributed by atoms with E-state index in [4.69, 9.17) is 37.9 Å². The van der Waals surface area contributed by atoms with Crippen LogP contribution in [0.4, 0.5) is 0 Å². The first-order chi connectivity index (χ1) is 6.24. The Morgan fingerprint density at radius 3 is 0.933 bits per heavy atom. The molecule has 0 saturated carbocycles. The maximum Gasteiger partial charge on any atom is 0.394 e. The first-order valence-corrected chi connectivity index (χ1v) is 7.16. The smallest absolute Gasteiger partial charge is 0.361 e. The van der Waals surface area contributed by atoms with E-state index >= 15 is 0 Å². The van der Waals surface area contributed by atoms with Crippen LogP contribution in [0.3, 0.4) is 0 Å². The minimum absolute atomic E-state index is 0. The lowest BCUT2D eigenvalue weighted by Crippen LogP contribution is -2.10. The molecule has 0 radical (unpaired) electrons. The second-order valence-corrected chi connectivity index (χ2v) is 7.07. The second-order valence-electron chi connectivity index (χ2n) is 2.36. The van der Waals surface area contributed by atoms with Gasteiger partial charge in [-0.2, -0.15) is 18.3 Å². The van der Waals surface area contributed by atoms with Crippen molar-refractivity contribution in [3.05, 3.63) is 0 Å². The molecule has 0 rings (SSSR count). The fraction of sp³-hybridized carbons (Fsp3) is 1.00. The predicted molar refractivity (Wildman–Crippen MR) is 60.5 cm³/mol. The third kappa shape index (κ3) is 14.6. The molecule has 0 fully saturated rings. The van der Waals surface area contributed by atoms with Gasteiger partial charge in [-0.1, -0.05) is 0 Å². The van der Waals surface area contributed by atoms with Gasteiger partial charge in [0.15, 0.2) is 25.4 Å². The Morgan fingerprint density at radius 1 is 0.800 bits per heavy atom. The largest absolute Gasteiger partial charge is 0.394 e. The molecule has 0 aliphatic rings. The minimum Gasteiger partial charge on any atom is -0.361 e. The van der Waals surface area contributed by atoms with Crippen molar-refractivity contribution >= 4 is 27.6 Å². The molecule has 0 aromatic carbocycles. The van der Waals surface area contributed by atoms with E-state index in [9.17, 15) is 0 Å². The lowest BCUT2D eigenvalue weighted by atomic mass is 11.6. The van der Waals surface area contributed by atoms with Crippen LogP contribution in [0.1, 0.15) is 0 Å². The molecule has 0 spiro atoms. The zero-order chi connectivity index (χ0) is 11.8. The van der Waals surface area contributed by atoms with E-state index in [-0.39, 0.29) is 35.3 Å². The van der Waals surface area contributed by atoms with Gasteiger partial charge < -0.3 is 20.4 Å². The number of aliphatic hydroxyl groups is 4. The molecule has 15 heavy (non-hydrogen) atoms. The van der Waals surface area contributed by atoms with Gasteiger partial charge >= 0.3 is 10.4 Å². The quantitative estimate of drug-likeness (QED) is 0.261. The van der Waals surface area contributed by atoms with Crippen LogP contribution < -0.4 is 0 Å². The van der Waals surface area contributed by atoms with Crippen molar-refractivity contribution in [1.29, 1.82) is 0 Å². The molecule has 0 saturated heterocycles. The second kappa shape index (κ2) is 9.77. The van der Waals surface area contributed by atoms with Crippen molar-refractivity contribution in [1.82, 2.24) is 0 Å². The van der Waals surface area contributed by atoms with Crippen LogP contribution in [0.2, 0.25) is 0 Å². The van der Waals surface area contributed by atoms with E-state index in [1.54, 1.807) is 0 Å². The molecular weight excluding hydrogens is 270 g/mol. The van der Waals surface area contributed by atoms with Gasteiger partial charge in [0.1, 0.15) is 7.26 Å². The summed E-state index contributed by atoms with van der Waals surface area (Å²) in [6.45, 7) is 0. The molecule has 1 unspecified atom stereocenters. The monoisotopic (exact) mass is 287 g/mol. The summed E-state index contributed by atoms with van der Waals surface area (Å²) in [6, 6.07) is 0. The summed E-state index contributed by atoms with van der Waals surface area (Å²) in [4.78, 5) is 0. The van der Waals surface area contributed by atoms with Crippen LogP contribution in [0.15, 0.2) is 0 Å². The maximum atomic E-state index is 8.74. The van der Waals surface area contributed by atoms with E-state index in [1.165, 1.54) is 0 Å². The molecule has 0 heterocycles. The average Bonchev–Trinajstić information content (AvgIpc) is 2.07. The van der Waals surface area contributed by atoms with E-state index in [0.717, 1.165) is 0 Å². The van der Waals surface area contributed by atoms with Crippen LogP contribution >= 0.6 is 17.2 Å². The van der Waals surface area contributed by atoms with E-state index in [1.807, 2.05) is 0 Å². The van der Waals surface area contributed by atoms with E-state index < -0.39 is 17.7 Å². The molecule has 0 aromatic rings. The fourth-order valence-corrected chi connectivity index (χ4v) is 0.805. The molecule has 0 aliphatic heterocycles. The van der Waals surface area contributed by atoms with Crippen molar-refractivity contribution < 1.29 is 37.9 Å². The van der Waals surface area contributed by atoms with Crippen LogP contribution in [0.5, 0.6) is 0 Å². The molecule has 1 atom stereocenters. The molecule has 6 N–H and O–H groups in total. The van der Waals surface area contributed by atoms with Crippen molar-refractivity contribution in [3.8, 4) is 0 Å². The lowest BCUT2D eigenvalue weighted by Gasteiger charge is -2.15. The molecule has 96 valence electrons. The summed E-state index contributed by atoms with van der Waals surface area (Å²) in [5.41, 5.74) is 0. The third-order valence-electron chi connectivity index (χ3n) is 1.20. The van der Waals surface area contributed by atoms with E-state index in [0.29, 0.717) is 0 Å². The first kappa shape index (κ1) is 20.9. The average molecular weight is 287 g/mol. The van der Waals surface area contributed by atoms with Gasteiger partial charge in [0, 0.05) is 0 Å². The van der Waals surface area contributed by atoms with Crippen molar-refractivity contribution in [2.45, 2.75) is 0 Å². The standard InChI is InChI=1S/C4H12O4P.H2O4S.H3P/c5-1-9(2-6,3-7)4-8;1-5(2,3)4;/h5-8H,1-4H2;(H2,1,2,3,4);1H3/q+1;;. The number of aliphatic hydroxyl groups excluding tert-OH is 4. The Labute approximate surface area is 91.5 Å². The topological polar surface area (TPSA) is 156 Å². The fourth-order valence-electron chi connectivity index (χ4n) is 0.268. The third-order valence-corrected chi connectivity index (χ3v) is 3.60. The van der Waals surface area contributed by atoms with Gasteiger partial charge in [0.25, 0.3) is 0 Å². The summed E-state index contributed by atoms with van der Waals surface area (Å²) in [5, 5.41) is 34.2. The Morgan fingerprint density at radius 2 is 0.933 bits per heavy atom. The van der Waals surface area contributed by atoms with Crippen LogP contribution in [0.25, 0.3) is 0 Å². The summed E-state index contributed by atoms with van der Waals surface area (Å²) in [5.74, 6) is 0. The highest BCUT2D eigenvalue weighted by Crippen LogP contribution is 2.54. The van der Waals surface area contributed by atoms with Crippen LogP contribution in [-0.2, 0) is 10.4 Å². The zero-order valence-electron chi connectivity index (χ0n) is 7.89. The molecule has 0 bridgehead atoms. The van der Waals surface area contributed by atoms with Gasteiger partial charge in [0.05, 0.1) is 0 Å². The SMILES string of the molecule is O=S(=O)(O)O.OC[P+](CO)(CO)CO.P. The first-order valence-electron chi connectivity index (χ1n) is 3.23. The zero-order valence-corrected chi connectivity index (χ0v) is 11.0. The molecule has 0 aromatic heterocycles. The van der Waals surface area contributed by atoms with Gasteiger partial charge in [-0.05, 0) is 0 Å². The van der Waals surface area contributed by atoms with Gasteiger partial charge in [-0.25, -0.2) is 0 Å². The highest BCUT2D eigenvalue weighted by atomic mass is 32.3. The van der Waals surface area contributed by atoms with Gasteiger partial charge in [-0.3, -0.25) is 9.11 Å². The van der Waals surface area contributed by atoms with Crippen molar-refractivity contribution in [2.75, 3.05) is 25.4 Å². The summed E-state index contributed by atoms with van der Waals surface area (Å²) < 4.78 is 31.6. The number of hydrogen-bond acceptors (Lipinski definition) is 6. The predicted octanol–water partition coefficient (Wildman–Crippen LogP) is -1.79. The van der Waals surface area contributed by atoms with Crippen LogP contribution in [-0.4, -0.2) is 63.3 Å². The maximum absolute atomic E-state index is 8.74. The summed E-state index contributed by atoms with van der Waals surface area (Å²) in [6.07, 6.45) is -1.18. The van der Waals surface area contributed by atoms with Crippen molar-refractivity contribution in [3.63, 3.8) is 0 Å². The normalized spacial score (nSPS) is 11.1.